The highest BCUT2D eigenvalue weighted by Gasteiger charge is 2.12. The van der Waals surface area contributed by atoms with Crippen molar-refractivity contribution >= 4 is 33.8 Å². The first kappa shape index (κ1) is 16.4. The van der Waals surface area contributed by atoms with Gasteiger partial charge in [0.2, 0.25) is 0 Å². The van der Waals surface area contributed by atoms with E-state index in [4.69, 9.17) is 10.5 Å². The zero-order valence-corrected chi connectivity index (χ0v) is 14.4. The number of aromatic nitrogens is 1. The van der Waals surface area contributed by atoms with Crippen molar-refractivity contribution in [3.8, 4) is 0 Å². The predicted octanol–water partition coefficient (Wildman–Crippen LogP) is 3.26. The van der Waals surface area contributed by atoms with Gasteiger partial charge >= 0.3 is 0 Å². The number of aryl methyl sites for hydroxylation is 1. The maximum Gasteiger partial charge on any atom is 0.261 e. The monoisotopic (exact) mass is 341 g/mol. The van der Waals surface area contributed by atoms with Crippen LogP contribution in [0.2, 0.25) is 0 Å². The van der Waals surface area contributed by atoms with Gasteiger partial charge in [0.05, 0.1) is 11.5 Å². The maximum absolute atomic E-state index is 12.3. The van der Waals surface area contributed by atoms with Crippen LogP contribution in [0.25, 0.3) is 10.8 Å². The van der Waals surface area contributed by atoms with Crippen LogP contribution >= 0.6 is 11.3 Å². The minimum Gasteiger partial charge on any atom is -0.383 e. The number of fused-ring (bicyclic) bond motifs is 1. The molecule has 6 heteroatoms. The van der Waals surface area contributed by atoms with E-state index in [-0.39, 0.29) is 5.91 Å². The van der Waals surface area contributed by atoms with Crippen LogP contribution in [0.1, 0.15) is 25.7 Å². The van der Waals surface area contributed by atoms with Crippen molar-refractivity contribution in [2.24, 2.45) is 0 Å². The molecular formula is C18H19N3O2S. The van der Waals surface area contributed by atoms with E-state index >= 15 is 0 Å². The van der Waals surface area contributed by atoms with Gasteiger partial charge in [-0.2, -0.15) is 0 Å². The summed E-state index contributed by atoms with van der Waals surface area (Å²) in [4.78, 5) is 18.2. The largest absolute Gasteiger partial charge is 0.383 e. The molecule has 3 rings (SSSR count). The SMILES string of the molecule is COCc1sc(C(=O)NCc2ccc3c(N)nccc3c2)cc1C. The molecule has 1 aromatic carbocycles. The van der Waals surface area contributed by atoms with Gasteiger partial charge < -0.3 is 15.8 Å². The number of hydrogen-bond donors (Lipinski definition) is 2. The highest BCUT2D eigenvalue weighted by molar-refractivity contribution is 7.14. The number of benzene rings is 1. The van der Waals surface area contributed by atoms with Gasteiger partial charge in [0.15, 0.2) is 0 Å². The molecule has 0 atom stereocenters. The molecule has 0 aliphatic carbocycles. The van der Waals surface area contributed by atoms with Crippen LogP contribution in [0.5, 0.6) is 0 Å². The average Bonchev–Trinajstić information content (AvgIpc) is 2.94. The molecule has 2 aromatic heterocycles. The number of nitrogen functional groups attached to an aromatic ring is 1. The molecule has 3 aromatic rings. The van der Waals surface area contributed by atoms with E-state index in [9.17, 15) is 4.79 Å². The molecule has 0 aliphatic rings. The Balaban J connectivity index is 1.71. The van der Waals surface area contributed by atoms with Crippen molar-refractivity contribution < 1.29 is 9.53 Å². The molecule has 0 aliphatic heterocycles. The van der Waals surface area contributed by atoms with E-state index in [1.54, 1.807) is 13.3 Å². The lowest BCUT2D eigenvalue weighted by Gasteiger charge is -2.06. The van der Waals surface area contributed by atoms with Crippen LogP contribution in [-0.4, -0.2) is 18.0 Å². The molecule has 3 N–H and O–H groups in total. The third kappa shape index (κ3) is 3.39. The Bertz CT molecular complexity index is 889. The van der Waals surface area contributed by atoms with Gasteiger partial charge in [0, 0.05) is 30.1 Å². The van der Waals surface area contributed by atoms with E-state index in [2.05, 4.69) is 10.3 Å². The van der Waals surface area contributed by atoms with Crippen LogP contribution in [0, 0.1) is 6.92 Å². The number of methoxy groups -OCH3 is 1. The van der Waals surface area contributed by atoms with Gasteiger partial charge in [0.1, 0.15) is 5.82 Å². The topological polar surface area (TPSA) is 77.2 Å². The minimum absolute atomic E-state index is 0.0696. The summed E-state index contributed by atoms with van der Waals surface area (Å²) in [5.41, 5.74) is 7.96. The minimum atomic E-state index is -0.0696. The van der Waals surface area contributed by atoms with E-state index in [0.717, 1.165) is 26.8 Å². The molecule has 5 nitrogen and oxygen atoms in total. The maximum atomic E-state index is 12.3. The van der Waals surface area contributed by atoms with Gasteiger partial charge in [0.25, 0.3) is 5.91 Å². The molecule has 0 radical (unpaired) electrons. The van der Waals surface area contributed by atoms with Gasteiger partial charge in [-0.25, -0.2) is 4.98 Å². The summed E-state index contributed by atoms with van der Waals surface area (Å²) in [6, 6.07) is 9.73. The Hall–Kier alpha value is -2.44. The molecule has 124 valence electrons. The molecule has 0 saturated heterocycles. The third-order valence-electron chi connectivity index (χ3n) is 3.83. The summed E-state index contributed by atoms with van der Waals surface area (Å²) in [6.45, 7) is 2.99. The van der Waals surface area contributed by atoms with Gasteiger partial charge in [-0.3, -0.25) is 4.79 Å². The van der Waals surface area contributed by atoms with Crippen LogP contribution in [0.4, 0.5) is 5.82 Å². The lowest BCUT2D eigenvalue weighted by molar-refractivity contribution is 0.0955. The first-order chi connectivity index (χ1) is 11.6. The molecule has 24 heavy (non-hydrogen) atoms. The molecule has 0 saturated carbocycles. The number of hydrogen-bond acceptors (Lipinski definition) is 5. The third-order valence-corrected chi connectivity index (χ3v) is 5.04. The first-order valence-corrected chi connectivity index (χ1v) is 8.39. The predicted molar refractivity (Wildman–Crippen MR) is 97.1 cm³/mol. The number of rotatable bonds is 5. The number of pyridine rings is 1. The Morgan fingerprint density at radius 2 is 2.17 bits per heavy atom. The molecule has 2 heterocycles. The standard InChI is InChI=1S/C18H19N3O2S/c1-11-7-15(24-16(11)10-23-2)18(22)21-9-12-3-4-14-13(8-12)5-6-20-17(14)19/h3-8H,9-10H2,1-2H3,(H2,19,20)(H,21,22). The molecule has 0 bridgehead atoms. The summed E-state index contributed by atoms with van der Waals surface area (Å²) in [5.74, 6) is 0.447. The molecule has 0 fully saturated rings. The number of nitrogens with zero attached hydrogens (tertiary/aromatic N) is 1. The number of thiophene rings is 1. The van der Waals surface area contributed by atoms with Crippen molar-refractivity contribution in [3.63, 3.8) is 0 Å². The van der Waals surface area contributed by atoms with Crippen molar-refractivity contribution in [3.05, 3.63) is 57.4 Å². The number of carbonyl (C=O) groups excluding carboxylic acids is 1. The highest BCUT2D eigenvalue weighted by Crippen LogP contribution is 2.23. The summed E-state index contributed by atoms with van der Waals surface area (Å²) < 4.78 is 5.14. The molecule has 0 unspecified atom stereocenters. The van der Waals surface area contributed by atoms with Gasteiger partial charge in [-0.1, -0.05) is 12.1 Å². The number of carbonyl (C=O) groups is 1. The zero-order valence-electron chi connectivity index (χ0n) is 13.6. The normalized spacial score (nSPS) is 10.9. The number of ether oxygens (including phenoxy) is 1. The fourth-order valence-electron chi connectivity index (χ4n) is 2.54. The highest BCUT2D eigenvalue weighted by atomic mass is 32.1. The van der Waals surface area contributed by atoms with E-state index in [1.165, 1.54) is 11.3 Å². The number of anilines is 1. The number of amides is 1. The quantitative estimate of drug-likeness (QED) is 0.747. The average molecular weight is 341 g/mol. The fraction of sp³-hybridized carbons (Fsp3) is 0.222. The lowest BCUT2D eigenvalue weighted by Crippen LogP contribution is -2.21. The van der Waals surface area contributed by atoms with Crippen LogP contribution in [0.15, 0.2) is 36.5 Å². The van der Waals surface area contributed by atoms with Crippen LogP contribution < -0.4 is 11.1 Å². The summed E-state index contributed by atoms with van der Waals surface area (Å²) >= 11 is 1.47. The van der Waals surface area contributed by atoms with Gasteiger partial charge in [-0.05, 0) is 41.6 Å². The van der Waals surface area contributed by atoms with Crippen molar-refractivity contribution in [2.75, 3.05) is 12.8 Å². The first-order valence-electron chi connectivity index (χ1n) is 7.58. The second kappa shape index (κ2) is 6.98. The number of nitrogens with one attached hydrogen (secondary N) is 1. The summed E-state index contributed by atoms with van der Waals surface area (Å²) in [6.07, 6.45) is 1.69. The van der Waals surface area contributed by atoms with Crippen LogP contribution in [0.3, 0.4) is 0 Å². The Kier molecular flexibility index (Phi) is 4.78. The van der Waals surface area contributed by atoms with Crippen molar-refractivity contribution in [1.82, 2.24) is 10.3 Å². The molecule has 0 spiro atoms. The van der Waals surface area contributed by atoms with Crippen molar-refractivity contribution in [1.29, 1.82) is 0 Å². The van der Waals surface area contributed by atoms with E-state index in [0.29, 0.717) is 23.8 Å². The number of nitrogens with two attached hydrogens (primary N) is 1. The summed E-state index contributed by atoms with van der Waals surface area (Å²) in [5, 5.41) is 4.90. The molecular weight excluding hydrogens is 322 g/mol. The Morgan fingerprint density at radius 1 is 1.33 bits per heavy atom. The van der Waals surface area contributed by atoms with Crippen molar-refractivity contribution in [2.45, 2.75) is 20.1 Å². The van der Waals surface area contributed by atoms with Gasteiger partial charge in [-0.15, -0.1) is 11.3 Å². The second-order valence-electron chi connectivity index (χ2n) is 5.58. The Labute approximate surface area is 144 Å². The smallest absolute Gasteiger partial charge is 0.261 e. The zero-order chi connectivity index (χ0) is 17.1. The molecule has 1 amide bonds. The fourth-order valence-corrected chi connectivity index (χ4v) is 3.60. The second-order valence-corrected chi connectivity index (χ2v) is 6.72. The Morgan fingerprint density at radius 3 is 2.96 bits per heavy atom. The van der Waals surface area contributed by atoms with Crippen LogP contribution in [-0.2, 0) is 17.9 Å². The lowest BCUT2D eigenvalue weighted by atomic mass is 10.1. The van der Waals surface area contributed by atoms with E-state index in [1.807, 2.05) is 37.3 Å². The summed E-state index contributed by atoms with van der Waals surface area (Å²) in [7, 11) is 1.65. The van der Waals surface area contributed by atoms with E-state index < -0.39 is 0 Å².